The molecule has 0 atom stereocenters. The van der Waals surface area contributed by atoms with Gasteiger partial charge in [0.15, 0.2) is 0 Å². The second-order valence-corrected chi connectivity index (χ2v) is 4.02. The fourth-order valence-electron chi connectivity index (χ4n) is 1.88. The zero-order valence-electron chi connectivity index (χ0n) is 10.5. The summed E-state index contributed by atoms with van der Waals surface area (Å²) in [5, 5.41) is 2.21. The normalized spacial score (nSPS) is 10.3. The van der Waals surface area contributed by atoms with Crippen molar-refractivity contribution >= 4 is 16.7 Å². The van der Waals surface area contributed by atoms with Crippen molar-refractivity contribution in [2.75, 3.05) is 14.2 Å². The summed E-state index contributed by atoms with van der Waals surface area (Å²) in [5.41, 5.74) is 6.16. The van der Waals surface area contributed by atoms with Gasteiger partial charge in [0.1, 0.15) is 5.75 Å². The van der Waals surface area contributed by atoms with Gasteiger partial charge in [-0.3, -0.25) is 10.2 Å². The molecule has 0 bridgehead atoms. The van der Waals surface area contributed by atoms with E-state index in [1.165, 1.54) is 0 Å². The molecule has 0 heterocycles. The van der Waals surface area contributed by atoms with E-state index in [0.29, 0.717) is 6.42 Å². The molecule has 0 fully saturated rings. The summed E-state index contributed by atoms with van der Waals surface area (Å²) in [7, 11) is 3.32. The maximum atomic E-state index is 11.5. The summed E-state index contributed by atoms with van der Waals surface area (Å²) in [4.78, 5) is 11.5. The molecular weight excluding hydrogens is 228 g/mol. The topological polar surface area (TPSA) is 50.4 Å². The van der Waals surface area contributed by atoms with E-state index in [-0.39, 0.29) is 5.91 Å². The zero-order valence-corrected chi connectivity index (χ0v) is 10.5. The molecule has 2 aromatic rings. The number of nitrogens with one attached hydrogen (secondary N) is 2. The maximum absolute atomic E-state index is 11.5. The van der Waals surface area contributed by atoms with E-state index in [1.54, 1.807) is 14.2 Å². The highest BCUT2D eigenvalue weighted by Gasteiger charge is 2.03. The van der Waals surface area contributed by atoms with Gasteiger partial charge in [-0.2, -0.15) is 0 Å². The third-order valence-electron chi connectivity index (χ3n) is 2.74. The van der Waals surface area contributed by atoms with E-state index >= 15 is 0 Å². The van der Waals surface area contributed by atoms with Crippen molar-refractivity contribution in [2.24, 2.45) is 0 Å². The Labute approximate surface area is 106 Å². The highest BCUT2D eigenvalue weighted by atomic mass is 16.5. The molecule has 0 saturated heterocycles. The molecule has 0 radical (unpaired) electrons. The van der Waals surface area contributed by atoms with Crippen LogP contribution in [0.3, 0.4) is 0 Å². The van der Waals surface area contributed by atoms with Crippen LogP contribution in [0.1, 0.15) is 5.56 Å². The summed E-state index contributed by atoms with van der Waals surface area (Å²) < 4.78 is 5.18. The molecule has 94 valence electrons. The van der Waals surface area contributed by atoms with E-state index in [0.717, 1.165) is 22.1 Å². The Morgan fingerprint density at radius 1 is 1.17 bits per heavy atom. The largest absolute Gasteiger partial charge is 0.497 e. The molecule has 2 N–H and O–H groups in total. The summed E-state index contributed by atoms with van der Waals surface area (Å²) >= 11 is 0. The lowest BCUT2D eigenvalue weighted by Gasteiger charge is -2.06. The van der Waals surface area contributed by atoms with Gasteiger partial charge >= 0.3 is 0 Å². The summed E-state index contributed by atoms with van der Waals surface area (Å²) in [5.74, 6) is 0.786. The van der Waals surface area contributed by atoms with Crippen LogP contribution in [-0.2, 0) is 11.2 Å². The molecule has 1 amide bonds. The second-order valence-electron chi connectivity index (χ2n) is 4.02. The number of fused-ring (bicyclic) bond motifs is 1. The minimum absolute atomic E-state index is 0.0506. The lowest BCUT2D eigenvalue weighted by Crippen LogP contribution is -2.35. The fourth-order valence-corrected chi connectivity index (χ4v) is 1.88. The summed E-state index contributed by atoms with van der Waals surface area (Å²) in [6.45, 7) is 0. The van der Waals surface area contributed by atoms with Crippen molar-refractivity contribution in [3.8, 4) is 5.75 Å². The van der Waals surface area contributed by atoms with Crippen molar-refractivity contribution < 1.29 is 9.53 Å². The first-order chi connectivity index (χ1) is 8.72. The van der Waals surface area contributed by atoms with Crippen LogP contribution in [0.15, 0.2) is 36.4 Å². The molecule has 0 saturated carbocycles. The van der Waals surface area contributed by atoms with Gasteiger partial charge in [0.05, 0.1) is 13.5 Å². The number of amides is 1. The number of carbonyl (C=O) groups excluding carboxylic acids is 1. The first-order valence-corrected chi connectivity index (χ1v) is 5.75. The van der Waals surface area contributed by atoms with Crippen LogP contribution in [0.25, 0.3) is 10.8 Å². The van der Waals surface area contributed by atoms with Crippen molar-refractivity contribution in [3.05, 3.63) is 42.0 Å². The summed E-state index contributed by atoms with van der Waals surface area (Å²) in [6, 6.07) is 11.9. The van der Waals surface area contributed by atoms with E-state index in [2.05, 4.69) is 10.9 Å². The van der Waals surface area contributed by atoms with Gasteiger partial charge in [-0.05, 0) is 28.5 Å². The average Bonchev–Trinajstić information content (AvgIpc) is 2.38. The second kappa shape index (κ2) is 5.51. The van der Waals surface area contributed by atoms with E-state index in [9.17, 15) is 4.79 Å². The molecule has 0 aromatic heterocycles. The van der Waals surface area contributed by atoms with Crippen LogP contribution in [0.2, 0.25) is 0 Å². The molecule has 4 heteroatoms. The van der Waals surface area contributed by atoms with Crippen LogP contribution in [-0.4, -0.2) is 20.1 Å². The summed E-state index contributed by atoms with van der Waals surface area (Å²) in [6.07, 6.45) is 0.364. The maximum Gasteiger partial charge on any atom is 0.238 e. The van der Waals surface area contributed by atoms with Gasteiger partial charge in [0.25, 0.3) is 0 Å². The third-order valence-corrected chi connectivity index (χ3v) is 2.74. The van der Waals surface area contributed by atoms with Gasteiger partial charge < -0.3 is 4.74 Å². The Balaban J connectivity index is 2.25. The molecular formula is C14H16N2O2. The highest BCUT2D eigenvalue weighted by Crippen LogP contribution is 2.21. The number of hydrogen-bond acceptors (Lipinski definition) is 3. The molecule has 0 unspecified atom stereocenters. The van der Waals surface area contributed by atoms with Gasteiger partial charge in [-0.1, -0.05) is 24.3 Å². The first kappa shape index (κ1) is 12.4. The molecule has 0 spiro atoms. The van der Waals surface area contributed by atoms with Crippen LogP contribution >= 0.6 is 0 Å². The number of ether oxygens (including phenoxy) is 1. The molecule has 0 aliphatic rings. The van der Waals surface area contributed by atoms with E-state index < -0.39 is 0 Å². The predicted octanol–water partition coefficient (Wildman–Crippen LogP) is 1.64. The monoisotopic (exact) mass is 244 g/mol. The standard InChI is InChI=1S/C14H16N2O2/c1-15-16-14(17)8-10-3-4-12-9-13(18-2)6-5-11(12)7-10/h3-7,9,15H,8H2,1-2H3,(H,16,17). The Morgan fingerprint density at radius 2 is 1.89 bits per heavy atom. The van der Waals surface area contributed by atoms with Crippen LogP contribution in [0, 0.1) is 0 Å². The van der Waals surface area contributed by atoms with Gasteiger partial charge in [-0.15, -0.1) is 0 Å². The van der Waals surface area contributed by atoms with Crippen molar-refractivity contribution in [1.82, 2.24) is 10.9 Å². The van der Waals surface area contributed by atoms with Crippen LogP contribution in [0.5, 0.6) is 5.75 Å². The number of rotatable bonds is 4. The Hall–Kier alpha value is -2.07. The van der Waals surface area contributed by atoms with Crippen molar-refractivity contribution in [2.45, 2.75) is 6.42 Å². The highest BCUT2D eigenvalue weighted by molar-refractivity contribution is 5.86. The van der Waals surface area contributed by atoms with Crippen LogP contribution in [0.4, 0.5) is 0 Å². The minimum atomic E-state index is -0.0506. The van der Waals surface area contributed by atoms with E-state index in [4.69, 9.17) is 4.74 Å². The van der Waals surface area contributed by atoms with Crippen molar-refractivity contribution in [3.63, 3.8) is 0 Å². The van der Waals surface area contributed by atoms with Gasteiger partial charge in [0, 0.05) is 7.05 Å². The Kier molecular flexibility index (Phi) is 3.79. The van der Waals surface area contributed by atoms with Crippen LogP contribution < -0.4 is 15.6 Å². The molecule has 0 aliphatic carbocycles. The third kappa shape index (κ3) is 2.78. The molecule has 18 heavy (non-hydrogen) atoms. The number of benzene rings is 2. The number of hydrogen-bond donors (Lipinski definition) is 2. The Morgan fingerprint density at radius 3 is 2.61 bits per heavy atom. The lowest BCUT2D eigenvalue weighted by molar-refractivity contribution is -0.121. The minimum Gasteiger partial charge on any atom is -0.497 e. The number of methoxy groups -OCH3 is 1. The Bertz CT molecular complexity index is 567. The lowest BCUT2D eigenvalue weighted by atomic mass is 10.0. The fraction of sp³-hybridized carbons (Fsp3) is 0.214. The van der Waals surface area contributed by atoms with Crippen molar-refractivity contribution in [1.29, 1.82) is 0 Å². The first-order valence-electron chi connectivity index (χ1n) is 5.75. The SMILES string of the molecule is CNNC(=O)Cc1ccc2cc(OC)ccc2c1. The molecule has 2 aromatic carbocycles. The molecule has 0 aliphatic heterocycles. The number of hydrazine groups is 1. The molecule has 2 rings (SSSR count). The van der Waals surface area contributed by atoms with Gasteiger partial charge in [0.2, 0.25) is 5.91 Å². The average molecular weight is 244 g/mol. The molecule has 4 nitrogen and oxygen atoms in total. The zero-order chi connectivity index (χ0) is 13.0. The van der Waals surface area contributed by atoms with E-state index in [1.807, 2.05) is 36.4 Å². The van der Waals surface area contributed by atoms with Gasteiger partial charge in [-0.25, -0.2) is 5.43 Å². The smallest absolute Gasteiger partial charge is 0.238 e. The quantitative estimate of drug-likeness (QED) is 0.804. The number of carbonyl (C=O) groups is 1. The predicted molar refractivity (Wildman–Crippen MR) is 71.4 cm³/mol.